The second-order valence-electron chi connectivity index (χ2n) is 9.34. The molecule has 180 valence electrons. The minimum atomic E-state index is -0.302. The third-order valence-electron chi connectivity index (χ3n) is 6.96. The zero-order valence-electron chi connectivity index (χ0n) is 19.8. The molecular weight excluding hydrogens is 426 g/mol. The summed E-state index contributed by atoms with van der Waals surface area (Å²) in [6, 6.07) is 19.5. The van der Waals surface area contributed by atoms with Crippen LogP contribution in [0.15, 0.2) is 60.7 Å². The van der Waals surface area contributed by atoms with Gasteiger partial charge in [0.2, 0.25) is 17.7 Å². The molecule has 34 heavy (non-hydrogen) atoms. The molecule has 4 rings (SSSR count). The standard InChI is InChI=1S/C28H35N3O3/c32-25-15-8-3-9-19-30(25)20-10-18-29-28(34)24-16-17-26(33)31(21-22-11-4-1-5-12-22)27(24)23-13-6-2-7-14-23/h1-2,4-7,11-14,24,27H,3,8-10,15-21H2,(H,29,34). The van der Waals surface area contributed by atoms with Crippen molar-refractivity contribution >= 4 is 17.7 Å². The number of likely N-dealkylation sites (tertiary alicyclic amines) is 2. The van der Waals surface area contributed by atoms with E-state index in [0.29, 0.717) is 38.9 Å². The number of hydrogen-bond donors (Lipinski definition) is 1. The molecule has 0 radical (unpaired) electrons. The molecule has 2 aromatic carbocycles. The molecule has 0 aliphatic carbocycles. The van der Waals surface area contributed by atoms with Gasteiger partial charge in [0.25, 0.3) is 0 Å². The number of rotatable bonds is 8. The summed E-state index contributed by atoms with van der Waals surface area (Å²) in [7, 11) is 0. The maximum atomic E-state index is 13.3. The van der Waals surface area contributed by atoms with E-state index in [0.717, 1.165) is 43.4 Å². The van der Waals surface area contributed by atoms with E-state index in [1.165, 1.54) is 0 Å². The molecule has 2 aliphatic heterocycles. The Morgan fingerprint density at radius 2 is 1.62 bits per heavy atom. The second-order valence-corrected chi connectivity index (χ2v) is 9.34. The first-order chi connectivity index (χ1) is 16.6. The van der Waals surface area contributed by atoms with Gasteiger partial charge in [-0.15, -0.1) is 0 Å². The summed E-state index contributed by atoms with van der Waals surface area (Å²) in [4.78, 5) is 42.3. The molecule has 0 saturated carbocycles. The fourth-order valence-electron chi connectivity index (χ4n) is 5.14. The fourth-order valence-corrected chi connectivity index (χ4v) is 5.14. The molecule has 6 heteroatoms. The van der Waals surface area contributed by atoms with Crippen molar-refractivity contribution in [2.75, 3.05) is 19.6 Å². The number of carbonyl (C=O) groups excluding carboxylic acids is 3. The number of benzene rings is 2. The zero-order chi connectivity index (χ0) is 23.8. The molecule has 2 aliphatic rings. The maximum absolute atomic E-state index is 13.3. The van der Waals surface area contributed by atoms with Crippen LogP contribution in [0, 0.1) is 5.92 Å². The van der Waals surface area contributed by atoms with Gasteiger partial charge in [-0.2, -0.15) is 0 Å². The van der Waals surface area contributed by atoms with Crippen molar-refractivity contribution < 1.29 is 14.4 Å². The summed E-state index contributed by atoms with van der Waals surface area (Å²) in [5.41, 5.74) is 2.04. The molecule has 1 N–H and O–H groups in total. The Morgan fingerprint density at radius 3 is 2.38 bits per heavy atom. The van der Waals surface area contributed by atoms with Gasteiger partial charge in [0.1, 0.15) is 0 Å². The van der Waals surface area contributed by atoms with Gasteiger partial charge in [-0.05, 0) is 36.8 Å². The van der Waals surface area contributed by atoms with Crippen molar-refractivity contribution in [1.82, 2.24) is 15.1 Å². The molecule has 2 unspecified atom stereocenters. The summed E-state index contributed by atoms with van der Waals surface area (Å²) in [5.74, 6) is 0.00184. The summed E-state index contributed by atoms with van der Waals surface area (Å²) in [6.07, 6.45) is 5.44. The van der Waals surface area contributed by atoms with Gasteiger partial charge >= 0.3 is 0 Å². The van der Waals surface area contributed by atoms with Crippen LogP contribution >= 0.6 is 0 Å². The quantitative estimate of drug-likeness (QED) is 0.603. The average Bonchev–Trinajstić information content (AvgIpc) is 3.07. The molecular formula is C28H35N3O3. The van der Waals surface area contributed by atoms with Crippen LogP contribution in [0.5, 0.6) is 0 Å². The number of carbonyl (C=O) groups is 3. The molecule has 2 aromatic rings. The lowest BCUT2D eigenvalue weighted by molar-refractivity contribution is -0.144. The van der Waals surface area contributed by atoms with Crippen LogP contribution in [-0.4, -0.2) is 47.2 Å². The minimum absolute atomic E-state index is 0.0124. The van der Waals surface area contributed by atoms with E-state index in [-0.39, 0.29) is 29.7 Å². The Bertz CT molecular complexity index is 963. The molecule has 0 spiro atoms. The number of nitrogens with zero attached hydrogens (tertiary/aromatic N) is 2. The van der Waals surface area contributed by atoms with E-state index in [1.807, 2.05) is 70.5 Å². The first-order valence-electron chi connectivity index (χ1n) is 12.6. The maximum Gasteiger partial charge on any atom is 0.225 e. The topological polar surface area (TPSA) is 69.7 Å². The SMILES string of the molecule is O=C(NCCCN1CCCCCC1=O)C1CCC(=O)N(Cc2ccccc2)C1c1ccccc1. The van der Waals surface area contributed by atoms with Gasteiger partial charge < -0.3 is 15.1 Å². The van der Waals surface area contributed by atoms with E-state index in [1.54, 1.807) is 0 Å². The van der Waals surface area contributed by atoms with Crippen molar-refractivity contribution in [3.8, 4) is 0 Å². The fraction of sp³-hybridized carbons (Fsp3) is 0.464. The normalized spacial score (nSPS) is 21.3. The van der Waals surface area contributed by atoms with E-state index in [9.17, 15) is 14.4 Å². The largest absolute Gasteiger partial charge is 0.356 e. The number of nitrogens with one attached hydrogen (secondary N) is 1. The Balaban J connectivity index is 1.42. The van der Waals surface area contributed by atoms with Crippen molar-refractivity contribution in [2.45, 2.75) is 57.5 Å². The lowest BCUT2D eigenvalue weighted by Crippen LogP contribution is -2.48. The third-order valence-corrected chi connectivity index (χ3v) is 6.96. The zero-order valence-corrected chi connectivity index (χ0v) is 19.8. The highest BCUT2D eigenvalue weighted by Gasteiger charge is 2.40. The highest BCUT2D eigenvalue weighted by molar-refractivity contribution is 5.85. The van der Waals surface area contributed by atoms with Gasteiger partial charge in [-0.1, -0.05) is 67.1 Å². The number of piperidine rings is 1. The van der Waals surface area contributed by atoms with E-state index in [4.69, 9.17) is 0 Å². The highest BCUT2D eigenvalue weighted by Crippen LogP contribution is 2.38. The van der Waals surface area contributed by atoms with Gasteiger partial charge in [0.15, 0.2) is 0 Å². The summed E-state index contributed by atoms with van der Waals surface area (Å²) in [6.45, 7) is 2.53. The van der Waals surface area contributed by atoms with Crippen LogP contribution < -0.4 is 5.32 Å². The smallest absolute Gasteiger partial charge is 0.225 e. The van der Waals surface area contributed by atoms with E-state index < -0.39 is 0 Å². The van der Waals surface area contributed by atoms with Crippen LogP contribution in [0.3, 0.4) is 0 Å². The van der Waals surface area contributed by atoms with Crippen LogP contribution in [0.25, 0.3) is 0 Å². The van der Waals surface area contributed by atoms with Gasteiger partial charge in [-0.3, -0.25) is 14.4 Å². The summed E-state index contributed by atoms with van der Waals surface area (Å²) < 4.78 is 0. The Kier molecular flexibility index (Phi) is 8.34. The minimum Gasteiger partial charge on any atom is -0.356 e. The first kappa shape index (κ1) is 24.0. The van der Waals surface area contributed by atoms with Gasteiger partial charge in [0, 0.05) is 39.0 Å². The Hall–Kier alpha value is -3.15. The molecule has 0 bridgehead atoms. The molecule has 2 heterocycles. The van der Waals surface area contributed by atoms with Crippen molar-refractivity contribution in [3.63, 3.8) is 0 Å². The number of amides is 3. The van der Waals surface area contributed by atoms with Crippen molar-refractivity contribution in [1.29, 1.82) is 0 Å². The first-order valence-corrected chi connectivity index (χ1v) is 12.6. The third kappa shape index (κ3) is 6.04. The molecule has 6 nitrogen and oxygen atoms in total. The molecule has 2 fully saturated rings. The lowest BCUT2D eigenvalue weighted by Gasteiger charge is -2.41. The Labute approximate surface area is 202 Å². The average molecular weight is 462 g/mol. The van der Waals surface area contributed by atoms with Crippen molar-refractivity contribution in [2.24, 2.45) is 5.92 Å². The molecule has 3 amide bonds. The lowest BCUT2D eigenvalue weighted by atomic mass is 9.83. The molecule has 0 aromatic heterocycles. The molecule has 2 saturated heterocycles. The predicted octanol–water partition coefficient (Wildman–Crippen LogP) is 4.08. The van der Waals surface area contributed by atoms with Crippen LogP contribution in [0.2, 0.25) is 0 Å². The van der Waals surface area contributed by atoms with Crippen molar-refractivity contribution in [3.05, 3.63) is 71.8 Å². The monoisotopic (exact) mass is 461 g/mol. The number of hydrogen-bond acceptors (Lipinski definition) is 3. The Morgan fingerprint density at radius 1 is 0.882 bits per heavy atom. The molecule has 2 atom stereocenters. The van der Waals surface area contributed by atoms with E-state index >= 15 is 0 Å². The highest BCUT2D eigenvalue weighted by atomic mass is 16.2. The summed E-state index contributed by atoms with van der Waals surface area (Å²) >= 11 is 0. The van der Waals surface area contributed by atoms with Crippen LogP contribution in [0.1, 0.15) is 62.1 Å². The predicted molar refractivity (Wildman–Crippen MR) is 132 cm³/mol. The van der Waals surface area contributed by atoms with Gasteiger partial charge in [0.05, 0.1) is 12.0 Å². The summed E-state index contributed by atoms with van der Waals surface area (Å²) in [5, 5.41) is 3.11. The van der Waals surface area contributed by atoms with Gasteiger partial charge in [-0.25, -0.2) is 0 Å². The van der Waals surface area contributed by atoms with Crippen LogP contribution in [0.4, 0.5) is 0 Å². The van der Waals surface area contributed by atoms with E-state index in [2.05, 4.69) is 5.32 Å². The second kappa shape index (κ2) is 11.8. The van der Waals surface area contributed by atoms with Crippen LogP contribution in [-0.2, 0) is 20.9 Å².